The van der Waals surface area contributed by atoms with Gasteiger partial charge >= 0.3 is 5.97 Å². The summed E-state index contributed by atoms with van der Waals surface area (Å²) in [7, 11) is 0. The molecule has 0 aromatic rings. The van der Waals surface area contributed by atoms with Crippen molar-refractivity contribution in [2.45, 2.75) is 43.9 Å². The van der Waals surface area contributed by atoms with Crippen molar-refractivity contribution in [1.29, 1.82) is 0 Å². The Morgan fingerprint density at radius 2 is 2.05 bits per heavy atom. The fraction of sp³-hybridized carbons (Fsp3) is 0.667. The molecule has 0 radical (unpaired) electrons. The molecule has 0 saturated carbocycles. The van der Waals surface area contributed by atoms with Crippen LogP contribution in [0.3, 0.4) is 0 Å². The highest BCUT2D eigenvalue weighted by molar-refractivity contribution is 8.23. The number of hydrogen-bond acceptors (Lipinski definition) is 5. The molecule has 2 N–H and O–H groups in total. The lowest BCUT2D eigenvalue weighted by Crippen LogP contribution is -2.60. The Balaban J connectivity index is 2.29. The molecule has 5 nitrogen and oxygen atoms in total. The van der Waals surface area contributed by atoms with Gasteiger partial charge in [-0.25, -0.2) is 4.79 Å². The first-order valence-electron chi connectivity index (χ1n) is 5.98. The molecule has 2 aliphatic heterocycles. The van der Waals surface area contributed by atoms with E-state index in [1.165, 1.54) is 28.4 Å². The first-order chi connectivity index (χ1) is 8.63. The number of thioether (sulfide) groups is 2. The van der Waals surface area contributed by atoms with Gasteiger partial charge in [-0.15, -0.1) is 11.8 Å². The number of rotatable bonds is 3. The van der Waals surface area contributed by atoms with E-state index in [-0.39, 0.29) is 21.7 Å². The summed E-state index contributed by atoms with van der Waals surface area (Å²) >= 11 is 2.82. The number of β-lactam (4-membered cyclic amide) rings is 1. The second-order valence-electron chi connectivity index (χ2n) is 5.64. The molecule has 0 aromatic carbocycles. The minimum atomic E-state index is -1.08. The van der Waals surface area contributed by atoms with E-state index in [9.17, 15) is 19.8 Å². The second kappa shape index (κ2) is 4.71. The van der Waals surface area contributed by atoms with E-state index in [2.05, 4.69) is 0 Å². The number of nitrogens with zero attached hydrogens (tertiary/aromatic N) is 1. The number of carboxylic acids is 1. The Labute approximate surface area is 120 Å². The number of aliphatic hydroxyl groups is 1. The van der Waals surface area contributed by atoms with Crippen molar-refractivity contribution in [2.24, 2.45) is 5.92 Å². The fourth-order valence-electron chi connectivity index (χ4n) is 2.10. The van der Waals surface area contributed by atoms with Crippen molar-refractivity contribution in [3.63, 3.8) is 0 Å². The molecule has 106 valence electrons. The van der Waals surface area contributed by atoms with E-state index in [0.29, 0.717) is 4.24 Å². The number of hydrogen-bond donors (Lipinski definition) is 2. The number of fused-ring (bicyclic) bond motifs is 1. The maximum absolute atomic E-state index is 12.0. The van der Waals surface area contributed by atoms with Crippen LogP contribution >= 0.6 is 23.5 Å². The minimum absolute atomic E-state index is 0.0665. The first-order valence-corrected chi connectivity index (χ1v) is 7.67. The standard InChI is InChI=1S/C12H17NO4S2/c1-5(14)6-8(15)13-7(10(16)17)11(18-9(6)13)19-12(2,3)4/h5-6,9,14H,1-4H3,(H,16,17)/t5-,6+,9-/m1/s1. The monoisotopic (exact) mass is 303 g/mol. The summed E-state index contributed by atoms with van der Waals surface area (Å²) in [5.41, 5.74) is 0.0665. The molecule has 1 fully saturated rings. The Morgan fingerprint density at radius 1 is 1.47 bits per heavy atom. The van der Waals surface area contributed by atoms with E-state index in [0.717, 1.165) is 0 Å². The topological polar surface area (TPSA) is 77.8 Å². The Hall–Kier alpha value is -0.660. The predicted molar refractivity (Wildman–Crippen MR) is 75.4 cm³/mol. The van der Waals surface area contributed by atoms with Gasteiger partial charge in [-0.2, -0.15) is 0 Å². The number of carboxylic acid groups (broad SMARTS) is 1. The number of amides is 1. The van der Waals surface area contributed by atoms with Crippen LogP contribution < -0.4 is 0 Å². The van der Waals surface area contributed by atoms with Gasteiger partial charge in [0.25, 0.3) is 0 Å². The second-order valence-corrected chi connectivity index (χ2v) is 8.86. The van der Waals surface area contributed by atoms with Crippen molar-refractivity contribution in [1.82, 2.24) is 4.90 Å². The van der Waals surface area contributed by atoms with E-state index in [1.807, 2.05) is 20.8 Å². The van der Waals surface area contributed by atoms with Crippen molar-refractivity contribution in [3.8, 4) is 0 Å². The van der Waals surface area contributed by atoms with E-state index in [1.54, 1.807) is 6.92 Å². The van der Waals surface area contributed by atoms with Gasteiger partial charge in [0.05, 0.1) is 16.3 Å². The highest BCUT2D eigenvalue weighted by Gasteiger charge is 2.58. The third kappa shape index (κ3) is 2.51. The Kier molecular flexibility index (Phi) is 3.66. The van der Waals surface area contributed by atoms with Crippen molar-refractivity contribution in [3.05, 3.63) is 9.93 Å². The molecule has 1 saturated heterocycles. The summed E-state index contributed by atoms with van der Waals surface area (Å²) in [6.07, 6.45) is -0.754. The summed E-state index contributed by atoms with van der Waals surface area (Å²) < 4.78 is 0.526. The Morgan fingerprint density at radius 3 is 2.47 bits per heavy atom. The first kappa shape index (κ1) is 14.7. The minimum Gasteiger partial charge on any atom is -0.477 e. The molecule has 0 spiro atoms. The normalized spacial score (nSPS) is 28.3. The van der Waals surface area contributed by atoms with E-state index in [4.69, 9.17) is 0 Å². The SMILES string of the molecule is C[C@@H](O)[C@H]1C(=O)N2C(C(=O)O)=C(SC(C)(C)C)S[C@H]12. The molecule has 0 aromatic heterocycles. The smallest absolute Gasteiger partial charge is 0.354 e. The predicted octanol–water partition coefficient (Wildman–Crippen LogP) is 1.68. The summed E-state index contributed by atoms with van der Waals surface area (Å²) in [6, 6.07) is 0. The summed E-state index contributed by atoms with van der Waals surface area (Å²) in [5, 5.41) is 18.6. The molecule has 0 aliphatic carbocycles. The van der Waals surface area contributed by atoms with Crippen LogP contribution in [0.15, 0.2) is 9.93 Å². The number of carbonyl (C=O) groups excluding carboxylic acids is 1. The van der Waals surface area contributed by atoms with Gasteiger partial charge in [-0.3, -0.25) is 9.69 Å². The van der Waals surface area contributed by atoms with Gasteiger partial charge < -0.3 is 10.2 Å². The Bertz CT molecular complexity index is 467. The van der Waals surface area contributed by atoms with Crippen molar-refractivity contribution < 1.29 is 19.8 Å². The average molecular weight is 303 g/mol. The average Bonchev–Trinajstić information content (AvgIpc) is 2.49. The molecule has 0 bridgehead atoms. The largest absolute Gasteiger partial charge is 0.477 e. The third-order valence-electron chi connectivity index (χ3n) is 2.87. The molecule has 0 unspecified atom stereocenters. The summed E-state index contributed by atoms with van der Waals surface area (Å²) in [6.45, 7) is 7.55. The van der Waals surface area contributed by atoms with Crippen molar-refractivity contribution >= 4 is 35.4 Å². The highest BCUT2D eigenvalue weighted by atomic mass is 32.2. The molecule has 2 heterocycles. The zero-order chi connectivity index (χ0) is 14.5. The lowest BCUT2D eigenvalue weighted by atomic mass is 9.92. The van der Waals surface area contributed by atoms with Crippen molar-refractivity contribution in [2.75, 3.05) is 0 Å². The molecule has 7 heteroatoms. The van der Waals surface area contributed by atoms with Gasteiger partial charge in [0.1, 0.15) is 5.37 Å². The molecular formula is C12H17NO4S2. The molecular weight excluding hydrogens is 286 g/mol. The van der Waals surface area contributed by atoms with Crippen LogP contribution in [0.5, 0.6) is 0 Å². The lowest BCUT2D eigenvalue weighted by molar-refractivity contribution is -0.156. The number of aliphatic hydroxyl groups excluding tert-OH is 1. The highest BCUT2D eigenvalue weighted by Crippen LogP contribution is 2.55. The van der Waals surface area contributed by atoms with Gasteiger partial charge in [-0.1, -0.05) is 32.5 Å². The maximum Gasteiger partial charge on any atom is 0.354 e. The maximum atomic E-state index is 12.0. The molecule has 2 rings (SSSR count). The van der Waals surface area contributed by atoms with Crippen LogP contribution in [0.4, 0.5) is 0 Å². The van der Waals surface area contributed by atoms with Crippen LogP contribution in [0, 0.1) is 5.92 Å². The van der Waals surface area contributed by atoms with Gasteiger partial charge in [0.2, 0.25) is 5.91 Å². The lowest BCUT2D eigenvalue weighted by Gasteiger charge is -2.43. The summed E-state index contributed by atoms with van der Waals surface area (Å²) in [5.74, 6) is -1.88. The van der Waals surface area contributed by atoms with E-state index >= 15 is 0 Å². The van der Waals surface area contributed by atoms with Crippen LogP contribution in [0.2, 0.25) is 0 Å². The van der Waals surface area contributed by atoms with Gasteiger partial charge in [0.15, 0.2) is 5.70 Å². The third-order valence-corrected chi connectivity index (χ3v) is 5.55. The van der Waals surface area contributed by atoms with Gasteiger partial charge in [0, 0.05) is 4.75 Å². The molecule has 3 atom stereocenters. The molecule has 1 amide bonds. The molecule has 2 aliphatic rings. The van der Waals surface area contributed by atoms with Crippen LogP contribution in [0.25, 0.3) is 0 Å². The van der Waals surface area contributed by atoms with E-state index < -0.39 is 18.0 Å². The fourth-order valence-corrected chi connectivity index (χ4v) is 5.50. The summed E-state index contributed by atoms with van der Waals surface area (Å²) in [4.78, 5) is 24.6. The van der Waals surface area contributed by atoms with Gasteiger partial charge in [-0.05, 0) is 6.92 Å². The van der Waals surface area contributed by atoms with Crippen LogP contribution in [0.1, 0.15) is 27.7 Å². The zero-order valence-corrected chi connectivity index (χ0v) is 12.8. The number of carbonyl (C=O) groups is 2. The molecule has 19 heavy (non-hydrogen) atoms. The van der Waals surface area contributed by atoms with Crippen LogP contribution in [-0.2, 0) is 9.59 Å². The zero-order valence-electron chi connectivity index (χ0n) is 11.2. The quantitative estimate of drug-likeness (QED) is 0.773. The van der Waals surface area contributed by atoms with Crippen LogP contribution in [-0.4, -0.2) is 43.2 Å². The number of aliphatic carboxylic acids is 1.